The number of piperidine rings is 1. The number of para-hydroxylation sites is 2. The Labute approximate surface area is 259 Å². The molecule has 0 unspecified atom stereocenters. The second-order valence-corrected chi connectivity index (χ2v) is 13.5. The van der Waals surface area contributed by atoms with Gasteiger partial charge in [0.05, 0.1) is 36.6 Å². The van der Waals surface area contributed by atoms with Gasteiger partial charge >= 0.3 is 0 Å². The Morgan fingerprint density at radius 3 is 2.42 bits per heavy atom. The van der Waals surface area contributed by atoms with Crippen LogP contribution in [0.5, 0.6) is 5.75 Å². The van der Waals surface area contributed by atoms with Crippen LogP contribution in [-0.2, 0) is 10.0 Å². The van der Waals surface area contributed by atoms with Gasteiger partial charge in [-0.2, -0.15) is 4.98 Å². The van der Waals surface area contributed by atoms with Crippen LogP contribution in [0, 0.1) is 6.92 Å². The van der Waals surface area contributed by atoms with Crippen LogP contribution < -0.4 is 24.6 Å². The van der Waals surface area contributed by atoms with Gasteiger partial charge in [0.2, 0.25) is 16.0 Å². The highest BCUT2D eigenvalue weighted by Gasteiger charge is 2.28. The largest absolute Gasteiger partial charge is 0.494 e. The fraction of sp³-hybridized carbons (Fsp3) is 0.467. The number of likely N-dealkylation sites (N-methyl/N-ethyl adjacent to an activating group) is 1. The molecule has 5 rings (SSSR count). The van der Waals surface area contributed by atoms with E-state index in [4.69, 9.17) is 16.3 Å². The Morgan fingerprint density at radius 2 is 1.74 bits per heavy atom. The molecule has 43 heavy (non-hydrogen) atoms. The van der Waals surface area contributed by atoms with Crippen LogP contribution in [0.15, 0.2) is 42.6 Å². The van der Waals surface area contributed by atoms with Crippen molar-refractivity contribution in [3.63, 3.8) is 0 Å². The number of halogens is 1. The van der Waals surface area contributed by atoms with Crippen LogP contribution in [0.3, 0.4) is 0 Å². The zero-order valence-corrected chi connectivity index (χ0v) is 27.0. The molecular formula is C30H41ClN8O3S. The Balaban J connectivity index is 1.33. The highest BCUT2D eigenvalue weighted by atomic mass is 35.5. The summed E-state index contributed by atoms with van der Waals surface area (Å²) >= 11 is 6.52. The Hall–Kier alpha value is -3.32. The lowest BCUT2D eigenvalue weighted by atomic mass is 10.0. The van der Waals surface area contributed by atoms with E-state index in [-0.39, 0.29) is 0 Å². The van der Waals surface area contributed by atoms with E-state index in [1.807, 2.05) is 6.07 Å². The first-order chi connectivity index (χ1) is 20.5. The molecule has 2 aliphatic heterocycles. The molecule has 2 aliphatic rings. The van der Waals surface area contributed by atoms with E-state index in [0.717, 1.165) is 69.6 Å². The predicted octanol–water partition coefficient (Wildman–Crippen LogP) is 4.55. The summed E-state index contributed by atoms with van der Waals surface area (Å²) < 4.78 is 32.2. The van der Waals surface area contributed by atoms with Gasteiger partial charge < -0.3 is 24.8 Å². The van der Waals surface area contributed by atoms with Crippen molar-refractivity contribution in [1.82, 2.24) is 19.8 Å². The Kier molecular flexibility index (Phi) is 9.50. The number of aryl methyl sites for hydroxylation is 1. The van der Waals surface area contributed by atoms with E-state index < -0.39 is 10.0 Å². The molecule has 0 bridgehead atoms. The summed E-state index contributed by atoms with van der Waals surface area (Å²) in [6, 6.07) is 11.8. The van der Waals surface area contributed by atoms with E-state index in [1.54, 1.807) is 37.3 Å². The maximum Gasteiger partial charge on any atom is 0.229 e. The average Bonchev–Trinajstić information content (AvgIpc) is 2.98. The van der Waals surface area contributed by atoms with Gasteiger partial charge in [-0.15, -0.1) is 0 Å². The molecule has 1 aromatic heterocycles. The molecule has 2 aromatic carbocycles. The molecule has 0 aliphatic carbocycles. The molecule has 11 nitrogen and oxygen atoms in total. The van der Waals surface area contributed by atoms with Crippen LogP contribution in [0.25, 0.3) is 0 Å². The van der Waals surface area contributed by atoms with E-state index >= 15 is 0 Å². The molecule has 0 saturated carbocycles. The van der Waals surface area contributed by atoms with Gasteiger partial charge in [-0.3, -0.25) is 9.62 Å². The van der Waals surface area contributed by atoms with Crippen molar-refractivity contribution in [1.29, 1.82) is 0 Å². The number of hydrogen-bond acceptors (Lipinski definition) is 10. The second kappa shape index (κ2) is 13.1. The quantitative estimate of drug-likeness (QED) is 0.351. The highest BCUT2D eigenvalue weighted by Crippen LogP contribution is 2.38. The maximum absolute atomic E-state index is 11.9. The lowest BCUT2D eigenvalue weighted by molar-refractivity contribution is 0.0982. The first-order valence-electron chi connectivity index (χ1n) is 14.5. The number of anilines is 6. The fourth-order valence-electron chi connectivity index (χ4n) is 5.88. The normalized spacial score (nSPS) is 17.1. The summed E-state index contributed by atoms with van der Waals surface area (Å²) in [6.45, 7) is 8.74. The first kappa shape index (κ1) is 31.1. The third-order valence-corrected chi connectivity index (χ3v) is 9.09. The van der Waals surface area contributed by atoms with Crippen LogP contribution in [0.4, 0.5) is 34.5 Å². The number of methoxy groups -OCH3 is 1. The molecule has 2 saturated heterocycles. The molecule has 0 spiro atoms. The smallest absolute Gasteiger partial charge is 0.229 e. The highest BCUT2D eigenvalue weighted by molar-refractivity contribution is 7.92. The van der Waals surface area contributed by atoms with Crippen molar-refractivity contribution in [2.24, 2.45) is 0 Å². The predicted molar refractivity (Wildman–Crippen MR) is 175 cm³/mol. The second-order valence-electron chi connectivity index (χ2n) is 11.3. The Morgan fingerprint density at radius 1 is 1.05 bits per heavy atom. The molecule has 0 atom stereocenters. The first-order valence-corrected chi connectivity index (χ1v) is 16.8. The third-order valence-electron chi connectivity index (χ3n) is 8.23. The average molecular weight is 629 g/mol. The molecule has 0 radical (unpaired) electrons. The van der Waals surface area contributed by atoms with Gasteiger partial charge in [-0.05, 0) is 50.6 Å². The minimum atomic E-state index is -3.48. The third kappa shape index (κ3) is 7.43. The zero-order valence-electron chi connectivity index (χ0n) is 25.5. The Bertz CT molecular complexity index is 1540. The number of piperazine rings is 1. The molecule has 3 aromatic rings. The summed E-state index contributed by atoms with van der Waals surface area (Å²) in [5, 5.41) is 3.62. The monoisotopic (exact) mass is 628 g/mol. The minimum absolute atomic E-state index is 0.320. The number of nitrogens with one attached hydrogen (secondary N) is 2. The molecular weight excluding hydrogens is 588 g/mol. The summed E-state index contributed by atoms with van der Waals surface area (Å²) in [5.41, 5.74) is 4.05. The topological polar surface area (TPSA) is 106 Å². The van der Waals surface area contributed by atoms with E-state index in [1.165, 1.54) is 11.9 Å². The van der Waals surface area contributed by atoms with Gasteiger partial charge in [0.25, 0.3) is 0 Å². The van der Waals surface area contributed by atoms with Crippen LogP contribution in [0.1, 0.15) is 18.4 Å². The lowest BCUT2D eigenvalue weighted by Crippen LogP contribution is -2.52. The summed E-state index contributed by atoms with van der Waals surface area (Å²) in [7, 11) is 2.15. The van der Waals surface area contributed by atoms with Crippen molar-refractivity contribution >= 4 is 56.1 Å². The number of hydrogen-bond donors (Lipinski definition) is 2. The molecule has 13 heteroatoms. The van der Waals surface area contributed by atoms with Gasteiger partial charge in [-0.25, -0.2) is 13.4 Å². The minimum Gasteiger partial charge on any atom is -0.494 e. The van der Waals surface area contributed by atoms with Gasteiger partial charge in [-0.1, -0.05) is 23.7 Å². The van der Waals surface area contributed by atoms with Gasteiger partial charge in [0.15, 0.2) is 5.82 Å². The van der Waals surface area contributed by atoms with Gasteiger partial charge in [0, 0.05) is 64.1 Å². The van der Waals surface area contributed by atoms with Gasteiger partial charge in [0.1, 0.15) is 10.8 Å². The zero-order chi connectivity index (χ0) is 30.7. The summed E-state index contributed by atoms with van der Waals surface area (Å²) in [4.78, 5) is 18.3. The molecule has 2 fully saturated rings. The summed E-state index contributed by atoms with van der Waals surface area (Å²) in [6.07, 6.45) is 4.95. The number of rotatable bonds is 9. The van der Waals surface area contributed by atoms with Crippen molar-refractivity contribution in [2.75, 3.05) is 86.6 Å². The molecule has 2 N–H and O–H groups in total. The van der Waals surface area contributed by atoms with Crippen LogP contribution in [-0.4, -0.2) is 101 Å². The number of sulfonamides is 1. The standard InChI is InChI=1S/C30H41ClN8O3S/c1-21-18-25(28(42-4)19-27(21)39-12-10-22(11-13-39)38-16-14-36(2)15-17-38)33-30-32-20-23(31)29(34-30)37(3)26-9-7-6-8-24(26)35-43(5,40)41/h6-9,18-20,22,35H,10-17H2,1-5H3,(H,32,33,34). The van der Waals surface area contributed by atoms with Crippen molar-refractivity contribution < 1.29 is 13.2 Å². The van der Waals surface area contributed by atoms with E-state index in [0.29, 0.717) is 40.0 Å². The molecule has 0 amide bonds. The number of nitrogens with zero attached hydrogens (tertiary/aromatic N) is 6. The van der Waals surface area contributed by atoms with Crippen LogP contribution in [0.2, 0.25) is 5.02 Å². The number of benzene rings is 2. The van der Waals surface area contributed by atoms with E-state index in [2.05, 4.69) is 60.8 Å². The van der Waals surface area contributed by atoms with Crippen LogP contribution >= 0.6 is 11.6 Å². The van der Waals surface area contributed by atoms with Crippen molar-refractivity contribution in [3.05, 3.63) is 53.2 Å². The van der Waals surface area contributed by atoms with E-state index in [9.17, 15) is 8.42 Å². The number of ether oxygens (including phenoxy) is 1. The molecule has 3 heterocycles. The SMILES string of the molecule is COc1cc(N2CCC(N3CCN(C)CC3)CC2)c(C)cc1Nc1ncc(Cl)c(N(C)c2ccccc2NS(C)(=O)=O)n1. The van der Waals surface area contributed by atoms with Crippen molar-refractivity contribution in [2.45, 2.75) is 25.8 Å². The van der Waals surface area contributed by atoms with Crippen molar-refractivity contribution in [3.8, 4) is 5.75 Å². The fourth-order valence-corrected chi connectivity index (χ4v) is 6.67. The molecule has 232 valence electrons. The lowest BCUT2D eigenvalue weighted by Gasteiger charge is -2.43. The number of aromatic nitrogens is 2. The maximum atomic E-state index is 11.9. The summed E-state index contributed by atoms with van der Waals surface area (Å²) in [5.74, 6) is 1.44.